The number of benzene rings is 1. The van der Waals surface area contributed by atoms with E-state index in [4.69, 9.17) is 4.74 Å². The van der Waals surface area contributed by atoms with Crippen molar-refractivity contribution in [3.05, 3.63) is 40.9 Å². The fraction of sp³-hybridized carbons (Fsp3) is 0.125. The topological polar surface area (TPSA) is 9.23 Å². The lowest BCUT2D eigenvalue weighted by Gasteiger charge is -2.03. The van der Waals surface area contributed by atoms with Gasteiger partial charge in [0.2, 0.25) is 0 Å². The van der Waals surface area contributed by atoms with Crippen molar-refractivity contribution in [3.63, 3.8) is 0 Å². The molecule has 0 saturated carbocycles. The highest BCUT2D eigenvalue weighted by Crippen LogP contribution is 2.20. The molecule has 0 heterocycles. The molecule has 1 radical (unpaired) electrons. The van der Waals surface area contributed by atoms with Crippen molar-refractivity contribution in [2.24, 2.45) is 0 Å². The summed E-state index contributed by atoms with van der Waals surface area (Å²) in [5.41, 5.74) is 1.06. The Kier molecular flexibility index (Phi) is 2.90. The van der Waals surface area contributed by atoms with E-state index >= 15 is 0 Å². The van der Waals surface area contributed by atoms with Crippen LogP contribution in [0.25, 0.3) is 0 Å². The Hall–Kier alpha value is -0.340. The monoisotopic (exact) mass is 199 g/mol. The second-order valence-electron chi connectivity index (χ2n) is 1.84. The summed E-state index contributed by atoms with van der Waals surface area (Å²) in [5.74, 6) is 0. The minimum atomic E-state index is 0.771. The Morgan fingerprint density at radius 2 is 1.90 bits per heavy atom. The fourth-order valence-corrected chi connectivity index (χ4v) is 0.951. The van der Waals surface area contributed by atoms with Gasteiger partial charge in [-0.2, -0.15) is 0 Å². The predicted molar refractivity (Wildman–Crippen MR) is 44.7 cm³/mol. The van der Waals surface area contributed by atoms with Gasteiger partial charge in [0.25, 0.3) is 0 Å². The van der Waals surface area contributed by atoms with Gasteiger partial charge in [-0.05, 0) is 21.5 Å². The maximum absolute atomic E-state index is 4.97. The Labute approximate surface area is 69.1 Å². The third kappa shape index (κ3) is 1.82. The third-order valence-corrected chi connectivity index (χ3v) is 1.96. The van der Waals surface area contributed by atoms with E-state index in [0.29, 0.717) is 0 Å². The van der Waals surface area contributed by atoms with Crippen molar-refractivity contribution >= 4 is 15.9 Å². The summed E-state index contributed by atoms with van der Waals surface area (Å²) in [6.07, 6.45) is 0. The molecule has 0 bridgehead atoms. The number of methoxy groups -OCH3 is 1. The Morgan fingerprint density at radius 3 is 2.40 bits per heavy atom. The average molecular weight is 200 g/mol. The van der Waals surface area contributed by atoms with Crippen molar-refractivity contribution in [2.45, 2.75) is 0 Å². The molecular formula is C8H8BrO. The van der Waals surface area contributed by atoms with Crippen LogP contribution in [-0.2, 0) is 4.74 Å². The van der Waals surface area contributed by atoms with E-state index in [1.807, 2.05) is 30.3 Å². The second-order valence-corrected chi connectivity index (χ2v) is 2.56. The van der Waals surface area contributed by atoms with Crippen LogP contribution in [0.4, 0.5) is 0 Å². The van der Waals surface area contributed by atoms with Gasteiger partial charge < -0.3 is 4.74 Å². The van der Waals surface area contributed by atoms with Crippen LogP contribution in [0.15, 0.2) is 30.3 Å². The smallest absolute Gasteiger partial charge is 0.190 e. The van der Waals surface area contributed by atoms with Crippen LogP contribution in [0.2, 0.25) is 0 Å². The summed E-state index contributed by atoms with van der Waals surface area (Å²) in [4.78, 5) is 0. The van der Waals surface area contributed by atoms with Crippen LogP contribution in [0, 0.1) is 5.01 Å². The van der Waals surface area contributed by atoms with E-state index < -0.39 is 0 Å². The highest BCUT2D eigenvalue weighted by Gasteiger charge is 2.03. The molecule has 1 aromatic carbocycles. The molecule has 0 unspecified atom stereocenters. The largest absolute Gasteiger partial charge is 0.358 e. The fourth-order valence-electron chi connectivity index (χ4n) is 0.687. The van der Waals surface area contributed by atoms with E-state index in [2.05, 4.69) is 15.9 Å². The zero-order chi connectivity index (χ0) is 7.40. The van der Waals surface area contributed by atoms with E-state index in [9.17, 15) is 0 Å². The minimum Gasteiger partial charge on any atom is -0.358 e. The van der Waals surface area contributed by atoms with Crippen LogP contribution >= 0.6 is 15.9 Å². The van der Waals surface area contributed by atoms with Gasteiger partial charge >= 0.3 is 0 Å². The molecule has 10 heavy (non-hydrogen) atoms. The van der Waals surface area contributed by atoms with E-state index in [1.165, 1.54) is 0 Å². The third-order valence-electron chi connectivity index (χ3n) is 1.18. The van der Waals surface area contributed by atoms with Crippen molar-refractivity contribution in [3.8, 4) is 0 Å². The molecule has 0 aromatic heterocycles. The molecule has 0 saturated heterocycles. The molecule has 0 aliphatic heterocycles. The quantitative estimate of drug-likeness (QED) is 0.712. The lowest BCUT2D eigenvalue weighted by molar-refractivity contribution is 0.279. The molecule has 0 atom stereocenters. The first kappa shape index (κ1) is 7.76. The van der Waals surface area contributed by atoms with Gasteiger partial charge in [-0.1, -0.05) is 30.3 Å². The molecule has 0 aliphatic carbocycles. The van der Waals surface area contributed by atoms with Crippen molar-refractivity contribution in [1.82, 2.24) is 0 Å². The summed E-state index contributed by atoms with van der Waals surface area (Å²) in [7, 11) is 1.64. The summed E-state index contributed by atoms with van der Waals surface area (Å²) in [6, 6.07) is 9.87. The molecular weight excluding hydrogens is 192 g/mol. The zero-order valence-electron chi connectivity index (χ0n) is 5.67. The van der Waals surface area contributed by atoms with Crippen LogP contribution in [0.3, 0.4) is 0 Å². The van der Waals surface area contributed by atoms with Gasteiger partial charge in [-0.15, -0.1) is 0 Å². The first-order chi connectivity index (χ1) is 4.84. The lowest BCUT2D eigenvalue weighted by Crippen LogP contribution is -1.91. The number of hydrogen-bond acceptors (Lipinski definition) is 1. The van der Waals surface area contributed by atoms with Crippen molar-refractivity contribution < 1.29 is 4.74 Å². The normalized spacial score (nSPS) is 10.3. The molecule has 0 fully saturated rings. The molecule has 1 rings (SSSR count). The second kappa shape index (κ2) is 3.74. The molecule has 0 amide bonds. The van der Waals surface area contributed by atoms with Gasteiger partial charge in [-0.25, -0.2) is 0 Å². The standard InChI is InChI=1S/C8H8BrO/c1-10-8(9)7-5-3-2-4-6-7/h2-6H,1H3. The summed E-state index contributed by atoms with van der Waals surface area (Å²) < 4.78 is 4.97. The van der Waals surface area contributed by atoms with Gasteiger partial charge in [0, 0.05) is 7.11 Å². The van der Waals surface area contributed by atoms with Gasteiger partial charge in [0.1, 0.15) is 0 Å². The SMILES string of the molecule is CO[C](Br)c1ccccc1. The van der Waals surface area contributed by atoms with Gasteiger partial charge in [-0.3, -0.25) is 0 Å². The van der Waals surface area contributed by atoms with Gasteiger partial charge in [0.15, 0.2) is 5.01 Å². The first-order valence-corrected chi connectivity index (χ1v) is 3.76. The van der Waals surface area contributed by atoms with Crippen LogP contribution in [0.1, 0.15) is 5.56 Å². The highest BCUT2D eigenvalue weighted by molar-refractivity contribution is 9.11. The van der Waals surface area contributed by atoms with Crippen LogP contribution in [-0.4, -0.2) is 7.11 Å². The Bertz CT molecular complexity index is 186. The number of hydrogen-bond donors (Lipinski definition) is 0. The average Bonchev–Trinajstić information content (AvgIpc) is 2.05. The van der Waals surface area contributed by atoms with Crippen molar-refractivity contribution in [2.75, 3.05) is 7.11 Å². The molecule has 2 heteroatoms. The van der Waals surface area contributed by atoms with Crippen molar-refractivity contribution in [1.29, 1.82) is 0 Å². The first-order valence-electron chi connectivity index (χ1n) is 2.96. The highest BCUT2D eigenvalue weighted by atomic mass is 79.9. The predicted octanol–water partition coefficient (Wildman–Crippen LogP) is 2.57. The van der Waals surface area contributed by atoms with E-state index in [1.54, 1.807) is 7.11 Å². The number of rotatable bonds is 2. The molecule has 0 aliphatic rings. The molecule has 0 spiro atoms. The number of halogens is 1. The van der Waals surface area contributed by atoms with Crippen LogP contribution in [0.5, 0.6) is 0 Å². The summed E-state index contributed by atoms with van der Waals surface area (Å²) in [5, 5.41) is 0.771. The maximum atomic E-state index is 4.97. The molecule has 53 valence electrons. The maximum Gasteiger partial charge on any atom is 0.190 e. The van der Waals surface area contributed by atoms with E-state index in [0.717, 1.165) is 10.6 Å². The Balaban J connectivity index is 2.75. The molecule has 1 aromatic rings. The molecule has 0 N–H and O–H groups in total. The summed E-state index contributed by atoms with van der Waals surface area (Å²) >= 11 is 3.28. The lowest BCUT2D eigenvalue weighted by atomic mass is 10.2. The zero-order valence-corrected chi connectivity index (χ0v) is 7.26. The number of ether oxygens (including phenoxy) is 1. The Morgan fingerprint density at radius 1 is 1.30 bits per heavy atom. The van der Waals surface area contributed by atoms with Gasteiger partial charge in [0.05, 0.1) is 0 Å². The van der Waals surface area contributed by atoms with Crippen LogP contribution < -0.4 is 0 Å². The summed E-state index contributed by atoms with van der Waals surface area (Å²) in [6.45, 7) is 0. The minimum absolute atomic E-state index is 0.771. The molecule has 1 nitrogen and oxygen atoms in total. The van der Waals surface area contributed by atoms with E-state index in [-0.39, 0.29) is 0 Å².